The molecule has 0 atom stereocenters. The lowest BCUT2D eigenvalue weighted by atomic mass is 9.96. The van der Waals surface area contributed by atoms with Gasteiger partial charge in [-0.15, -0.1) is 0 Å². The molecule has 3 aromatic rings. The molecule has 0 aliphatic carbocycles. The van der Waals surface area contributed by atoms with Crippen LogP contribution in [0.5, 0.6) is 0 Å². The van der Waals surface area contributed by atoms with Crippen molar-refractivity contribution in [2.45, 2.75) is 25.9 Å². The summed E-state index contributed by atoms with van der Waals surface area (Å²) in [5.41, 5.74) is 1.19. The molecule has 0 unspecified atom stereocenters. The second-order valence-electron chi connectivity index (χ2n) is 5.67. The zero-order valence-corrected chi connectivity index (χ0v) is 12.4. The molecule has 0 bridgehead atoms. The number of alkyl halides is 3. The van der Waals surface area contributed by atoms with Crippen LogP contribution in [0, 0.1) is 0 Å². The van der Waals surface area contributed by atoms with Gasteiger partial charge in [0.15, 0.2) is 0 Å². The minimum atomic E-state index is -4.35. The molecule has 1 aromatic heterocycles. The van der Waals surface area contributed by atoms with Crippen molar-refractivity contribution in [3.05, 3.63) is 65.9 Å². The molecule has 0 N–H and O–H groups in total. The highest BCUT2D eigenvalue weighted by atomic mass is 19.4. The molecule has 0 saturated heterocycles. The average Bonchev–Trinajstić information content (AvgIpc) is 2.89. The van der Waals surface area contributed by atoms with Gasteiger partial charge in [0.25, 0.3) is 0 Å². The number of halogens is 3. The fourth-order valence-electron chi connectivity index (χ4n) is 2.75. The molecule has 0 aliphatic heterocycles. The van der Waals surface area contributed by atoms with Crippen LogP contribution in [0.25, 0.3) is 16.6 Å². The number of nitrogens with zero attached hydrogens (tertiary/aromatic N) is 1. The van der Waals surface area contributed by atoms with E-state index in [4.69, 9.17) is 0 Å². The topological polar surface area (TPSA) is 4.93 Å². The van der Waals surface area contributed by atoms with Crippen molar-refractivity contribution in [2.24, 2.45) is 0 Å². The van der Waals surface area contributed by atoms with Gasteiger partial charge in [-0.05, 0) is 41.1 Å². The van der Waals surface area contributed by atoms with Crippen molar-refractivity contribution in [3.8, 4) is 5.69 Å². The van der Waals surface area contributed by atoms with E-state index in [0.717, 1.165) is 10.9 Å². The number of hydrogen-bond donors (Lipinski definition) is 0. The van der Waals surface area contributed by atoms with E-state index in [1.165, 1.54) is 6.07 Å². The number of fused-ring (bicyclic) bond motifs is 1. The predicted molar refractivity (Wildman–Crippen MR) is 82.4 cm³/mol. The zero-order chi connectivity index (χ0) is 15.9. The van der Waals surface area contributed by atoms with Crippen LogP contribution in [0.2, 0.25) is 0 Å². The van der Waals surface area contributed by atoms with Crippen LogP contribution in [-0.2, 0) is 6.18 Å². The van der Waals surface area contributed by atoms with Crippen LogP contribution in [0.1, 0.15) is 30.9 Å². The normalized spacial score (nSPS) is 12.3. The van der Waals surface area contributed by atoms with E-state index < -0.39 is 11.7 Å². The number of para-hydroxylation sites is 1. The Hall–Kier alpha value is -2.23. The fraction of sp³-hybridized carbons (Fsp3) is 0.222. The highest BCUT2D eigenvalue weighted by molar-refractivity contribution is 5.81. The molecule has 0 aliphatic rings. The van der Waals surface area contributed by atoms with E-state index in [1.54, 1.807) is 36.7 Å². The average molecular weight is 303 g/mol. The Morgan fingerprint density at radius 2 is 1.68 bits per heavy atom. The lowest BCUT2D eigenvalue weighted by Crippen LogP contribution is -2.11. The van der Waals surface area contributed by atoms with Gasteiger partial charge in [-0.25, -0.2) is 0 Å². The third kappa shape index (κ3) is 2.49. The summed E-state index contributed by atoms with van der Waals surface area (Å²) in [7, 11) is 0. The molecule has 4 heteroatoms. The quantitative estimate of drug-likeness (QED) is 0.566. The largest absolute Gasteiger partial charge is 0.416 e. The second kappa shape index (κ2) is 5.20. The van der Waals surface area contributed by atoms with Crippen molar-refractivity contribution in [2.75, 3.05) is 0 Å². The molecule has 22 heavy (non-hydrogen) atoms. The monoisotopic (exact) mass is 303 g/mol. The number of aromatic nitrogens is 1. The highest BCUT2D eigenvalue weighted by Gasteiger charge is 2.34. The summed E-state index contributed by atoms with van der Waals surface area (Å²) in [6.07, 6.45) is -2.55. The maximum atomic E-state index is 13.3. The summed E-state index contributed by atoms with van der Waals surface area (Å²) in [6.45, 7) is 3.55. The molecular formula is C18H16F3N. The van der Waals surface area contributed by atoms with E-state index in [9.17, 15) is 13.2 Å². The summed E-state index contributed by atoms with van der Waals surface area (Å²) in [5, 5.41) is 1.00. The molecule has 0 radical (unpaired) electrons. The van der Waals surface area contributed by atoms with Crippen LogP contribution in [0.15, 0.2) is 54.7 Å². The van der Waals surface area contributed by atoms with Crippen molar-refractivity contribution in [1.82, 2.24) is 4.57 Å². The second-order valence-corrected chi connectivity index (χ2v) is 5.67. The van der Waals surface area contributed by atoms with E-state index >= 15 is 0 Å². The van der Waals surface area contributed by atoms with Gasteiger partial charge in [-0.2, -0.15) is 13.2 Å². The fourth-order valence-corrected chi connectivity index (χ4v) is 2.75. The number of rotatable bonds is 2. The van der Waals surface area contributed by atoms with Crippen LogP contribution < -0.4 is 0 Å². The van der Waals surface area contributed by atoms with Crippen molar-refractivity contribution >= 4 is 10.9 Å². The number of benzene rings is 2. The van der Waals surface area contributed by atoms with Gasteiger partial charge in [0, 0.05) is 11.9 Å². The minimum absolute atomic E-state index is 0.174. The van der Waals surface area contributed by atoms with E-state index in [1.807, 2.05) is 30.3 Å². The Morgan fingerprint density at radius 3 is 2.36 bits per heavy atom. The predicted octanol–water partition coefficient (Wildman–Crippen LogP) is 5.77. The SMILES string of the molecule is CC(C)c1ccc(-n2ccc3ccccc32)cc1C(F)(F)F. The Morgan fingerprint density at radius 1 is 0.955 bits per heavy atom. The van der Waals surface area contributed by atoms with Crippen LogP contribution >= 0.6 is 0 Å². The lowest BCUT2D eigenvalue weighted by Gasteiger charge is -2.17. The first kappa shape index (κ1) is 14.7. The van der Waals surface area contributed by atoms with Gasteiger partial charge in [-0.1, -0.05) is 38.1 Å². The molecule has 1 nitrogen and oxygen atoms in total. The molecule has 0 saturated carbocycles. The standard InChI is InChI=1S/C18H16F3N/c1-12(2)15-8-7-14(11-16(15)18(19,20)21)22-10-9-13-5-3-4-6-17(13)22/h3-12H,1-2H3. The Labute approximate surface area is 127 Å². The van der Waals surface area contributed by atoms with Gasteiger partial charge in [0.1, 0.15) is 0 Å². The maximum Gasteiger partial charge on any atom is 0.416 e. The highest BCUT2D eigenvalue weighted by Crippen LogP contribution is 2.37. The minimum Gasteiger partial charge on any atom is -0.317 e. The Balaban J connectivity index is 2.20. The smallest absolute Gasteiger partial charge is 0.317 e. The van der Waals surface area contributed by atoms with E-state index in [2.05, 4.69) is 0 Å². The molecule has 2 aromatic carbocycles. The molecule has 3 rings (SSSR count). The van der Waals surface area contributed by atoms with Crippen molar-refractivity contribution in [1.29, 1.82) is 0 Å². The van der Waals surface area contributed by atoms with Crippen molar-refractivity contribution in [3.63, 3.8) is 0 Å². The summed E-state index contributed by atoms with van der Waals surface area (Å²) >= 11 is 0. The Bertz CT molecular complexity index is 813. The van der Waals surface area contributed by atoms with Crippen LogP contribution in [0.3, 0.4) is 0 Å². The first-order valence-electron chi connectivity index (χ1n) is 7.15. The first-order chi connectivity index (χ1) is 10.4. The third-order valence-corrected chi connectivity index (χ3v) is 3.84. The molecule has 0 amide bonds. The molecule has 114 valence electrons. The zero-order valence-electron chi connectivity index (χ0n) is 12.4. The van der Waals surface area contributed by atoms with Gasteiger partial charge >= 0.3 is 6.18 Å². The summed E-state index contributed by atoms with van der Waals surface area (Å²) in [6, 6.07) is 14.1. The molecule has 1 heterocycles. The molecule has 0 spiro atoms. The maximum absolute atomic E-state index is 13.3. The summed E-state index contributed by atoms with van der Waals surface area (Å²) in [4.78, 5) is 0. The van der Waals surface area contributed by atoms with Gasteiger partial charge in [-0.3, -0.25) is 0 Å². The summed E-state index contributed by atoms with van der Waals surface area (Å²) < 4.78 is 41.8. The van der Waals surface area contributed by atoms with Crippen LogP contribution in [-0.4, -0.2) is 4.57 Å². The lowest BCUT2D eigenvalue weighted by molar-refractivity contribution is -0.138. The number of hydrogen-bond acceptors (Lipinski definition) is 0. The van der Waals surface area contributed by atoms with Gasteiger partial charge in [0.05, 0.1) is 11.1 Å². The third-order valence-electron chi connectivity index (χ3n) is 3.84. The molecule has 0 fully saturated rings. The van der Waals surface area contributed by atoms with Crippen LogP contribution in [0.4, 0.5) is 13.2 Å². The van der Waals surface area contributed by atoms with E-state index in [0.29, 0.717) is 11.3 Å². The summed E-state index contributed by atoms with van der Waals surface area (Å²) in [5.74, 6) is -0.174. The van der Waals surface area contributed by atoms with E-state index in [-0.39, 0.29) is 5.92 Å². The van der Waals surface area contributed by atoms with Crippen molar-refractivity contribution < 1.29 is 13.2 Å². The van der Waals surface area contributed by atoms with Gasteiger partial charge < -0.3 is 4.57 Å². The molecular weight excluding hydrogens is 287 g/mol. The Kier molecular flexibility index (Phi) is 3.47. The van der Waals surface area contributed by atoms with Gasteiger partial charge in [0.2, 0.25) is 0 Å². The first-order valence-corrected chi connectivity index (χ1v) is 7.15.